The molecule has 6 rings (SSSR count). The summed E-state index contributed by atoms with van der Waals surface area (Å²) in [7, 11) is 0. The zero-order valence-electron chi connectivity index (χ0n) is 14.4. The van der Waals surface area contributed by atoms with Crippen LogP contribution >= 0.6 is 0 Å². The molecular weight excluding hydrogens is 294 g/mol. The second-order valence-electron chi connectivity index (χ2n) is 8.58. The first-order valence-electron chi connectivity index (χ1n) is 9.42. The summed E-state index contributed by atoms with van der Waals surface area (Å²) in [6.45, 7) is 1.97. The zero-order chi connectivity index (χ0) is 16.3. The molecule has 2 heteroatoms. The van der Waals surface area contributed by atoms with Crippen molar-refractivity contribution in [1.82, 2.24) is 4.57 Å². The standard InChI is InChI=1S/C22H25NO/c1-15-14-23(20(10-21(15)24)19-5-3-2-4-6-19)22-11-16-7-17(12-22)9-18(8-16)13-22/h2-6,10,14,16-18H,7-9,11-13H2,1H3. The van der Waals surface area contributed by atoms with E-state index in [4.69, 9.17) is 0 Å². The predicted octanol–water partition coefficient (Wildman–Crippen LogP) is 4.75. The van der Waals surface area contributed by atoms with Gasteiger partial charge < -0.3 is 4.57 Å². The van der Waals surface area contributed by atoms with Gasteiger partial charge in [-0.1, -0.05) is 30.3 Å². The van der Waals surface area contributed by atoms with Crippen molar-refractivity contribution in [2.45, 2.75) is 51.0 Å². The number of rotatable bonds is 2. The van der Waals surface area contributed by atoms with E-state index in [0.717, 1.165) is 29.0 Å². The van der Waals surface area contributed by atoms with E-state index in [1.165, 1.54) is 44.1 Å². The van der Waals surface area contributed by atoms with Gasteiger partial charge in [0, 0.05) is 23.4 Å². The monoisotopic (exact) mass is 319 g/mol. The second-order valence-corrected chi connectivity index (χ2v) is 8.58. The van der Waals surface area contributed by atoms with Crippen molar-refractivity contribution in [2.75, 3.05) is 0 Å². The Balaban J connectivity index is 1.71. The van der Waals surface area contributed by atoms with E-state index in [-0.39, 0.29) is 11.0 Å². The van der Waals surface area contributed by atoms with E-state index in [0.29, 0.717) is 0 Å². The minimum absolute atomic E-state index is 0.162. The van der Waals surface area contributed by atoms with Crippen LogP contribution in [-0.2, 0) is 5.54 Å². The van der Waals surface area contributed by atoms with Gasteiger partial charge in [0.05, 0.1) is 5.69 Å². The molecule has 0 radical (unpaired) electrons. The van der Waals surface area contributed by atoms with E-state index in [1.54, 1.807) is 0 Å². The van der Waals surface area contributed by atoms with Crippen LogP contribution in [0.15, 0.2) is 47.4 Å². The lowest BCUT2D eigenvalue weighted by molar-refractivity contribution is -0.0425. The average Bonchev–Trinajstić information content (AvgIpc) is 2.56. The number of hydrogen-bond donors (Lipinski definition) is 0. The van der Waals surface area contributed by atoms with Gasteiger partial charge in [-0.05, 0) is 68.8 Å². The fraction of sp³-hybridized carbons (Fsp3) is 0.500. The van der Waals surface area contributed by atoms with Gasteiger partial charge in [0.25, 0.3) is 0 Å². The van der Waals surface area contributed by atoms with E-state index < -0.39 is 0 Å². The molecule has 4 fully saturated rings. The molecule has 0 unspecified atom stereocenters. The summed E-state index contributed by atoms with van der Waals surface area (Å²) in [4.78, 5) is 12.4. The molecule has 4 bridgehead atoms. The molecule has 1 aromatic heterocycles. The second kappa shape index (κ2) is 5.08. The Kier molecular flexibility index (Phi) is 3.07. The summed E-state index contributed by atoms with van der Waals surface area (Å²) in [6.07, 6.45) is 10.4. The highest BCUT2D eigenvalue weighted by Gasteiger charge is 2.52. The predicted molar refractivity (Wildman–Crippen MR) is 97.0 cm³/mol. The Labute approximate surface area is 143 Å². The highest BCUT2D eigenvalue weighted by Crippen LogP contribution is 2.59. The molecule has 4 aliphatic carbocycles. The quantitative estimate of drug-likeness (QED) is 0.783. The Bertz CT molecular complexity index is 798. The molecule has 0 amide bonds. The summed E-state index contributed by atoms with van der Waals surface area (Å²) in [5, 5.41) is 0. The lowest BCUT2D eigenvalue weighted by Crippen LogP contribution is -2.52. The van der Waals surface area contributed by atoms with Crippen molar-refractivity contribution in [3.05, 3.63) is 58.4 Å². The topological polar surface area (TPSA) is 22.0 Å². The summed E-state index contributed by atoms with van der Waals surface area (Å²) in [5.74, 6) is 2.71. The van der Waals surface area contributed by atoms with Crippen molar-refractivity contribution in [3.8, 4) is 11.3 Å². The summed E-state index contributed by atoms with van der Waals surface area (Å²) in [6, 6.07) is 12.4. The summed E-state index contributed by atoms with van der Waals surface area (Å²) in [5.41, 5.74) is 3.58. The number of nitrogens with zero attached hydrogens (tertiary/aromatic N) is 1. The van der Waals surface area contributed by atoms with Crippen molar-refractivity contribution < 1.29 is 0 Å². The van der Waals surface area contributed by atoms with Gasteiger partial charge in [-0.25, -0.2) is 0 Å². The van der Waals surface area contributed by atoms with Crippen LogP contribution in [0.2, 0.25) is 0 Å². The third kappa shape index (κ3) is 2.12. The fourth-order valence-corrected chi connectivity index (χ4v) is 6.22. The van der Waals surface area contributed by atoms with Crippen LogP contribution in [0.1, 0.15) is 44.1 Å². The van der Waals surface area contributed by atoms with Gasteiger partial charge in [0.15, 0.2) is 5.43 Å². The van der Waals surface area contributed by atoms with Crippen LogP contribution in [0.3, 0.4) is 0 Å². The molecule has 2 nitrogen and oxygen atoms in total. The molecule has 2 aromatic rings. The molecule has 24 heavy (non-hydrogen) atoms. The number of aryl methyl sites for hydroxylation is 1. The maximum Gasteiger partial charge on any atom is 0.185 e. The molecule has 4 aliphatic rings. The fourth-order valence-electron chi connectivity index (χ4n) is 6.22. The van der Waals surface area contributed by atoms with Crippen molar-refractivity contribution in [1.29, 1.82) is 0 Å². The minimum Gasteiger partial charge on any atom is -0.341 e. The lowest BCUT2D eigenvalue weighted by Gasteiger charge is -2.58. The highest BCUT2D eigenvalue weighted by atomic mass is 16.1. The van der Waals surface area contributed by atoms with E-state index >= 15 is 0 Å². The Hall–Kier alpha value is -1.83. The molecule has 4 saturated carbocycles. The molecule has 0 saturated heterocycles. The third-order valence-corrected chi connectivity index (χ3v) is 6.83. The molecule has 124 valence electrons. The first kappa shape index (κ1) is 14.5. The number of benzene rings is 1. The van der Waals surface area contributed by atoms with Crippen LogP contribution < -0.4 is 5.43 Å². The van der Waals surface area contributed by atoms with Gasteiger partial charge in [0.1, 0.15) is 0 Å². The van der Waals surface area contributed by atoms with Gasteiger partial charge in [-0.15, -0.1) is 0 Å². The number of hydrogen-bond acceptors (Lipinski definition) is 1. The third-order valence-electron chi connectivity index (χ3n) is 6.83. The van der Waals surface area contributed by atoms with Gasteiger partial charge in [-0.3, -0.25) is 4.79 Å². The zero-order valence-corrected chi connectivity index (χ0v) is 14.4. The average molecular weight is 319 g/mol. The molecule has 0 N–H and O–H groups in total. The molecule has 1 heterocycles. The van der Waals surface area contributed by atoms with Crippen LogP contribution in [0.4, 0.5) is 0 Å². The minimum atomic E-state index is 0.162. The summed E-state index contributed by atoms with van der Waals surface area (Å²) < 4.78 is 2.52. The number of pyridine rings is 1. The van der Waals surface area contributed by atoms with E-state index in [2.05, 4.69) is 35.0 Å². The smallest absolute Gasteiger partial charge is 0.185 e. The largest absolute Gasteiger partial charge is 0.341 e. The van der Waals surface area contributed by atoms with Crippen LogP contribution in [0, 0.1) is 24.7 Å². The van der Waals surface area contributed by atoms with Gasteiger partial charge >= 0.3 is 0 Å². The molecule has 1 aromatic carbocycles. The first-order valence-corrected chi connectivity index (χ1v) is 9.42. The molecule has 0 atom stereocenters. The Morgan fingerprint density at radius 2 is 1.54 bits per heavy atom. The molecule has 0 aliphatic heterocycles. The van der Waals surface area contributed by atoms with E-state index in [1.807, 2.05) is 19.1 Å². The van der Waals surface area contributed by atoms with Crippen molar-refractivity contribution in [3.63, 3.8) is 0 Å². The van der Waals surface area contributed by atoms with Gasteiger partial charge in [0.2, 0.25) is 0 Å². The highest BCUT2D eigenvalue weighted by molar-refractivity contribution is 5.60. The normalized spacial score (nSPS) is 33.8. The molecular formula is C22H25NO. The van der Waals surface area contributed by atoms with Gasteiger partial charge in [-0.2, -0.15) is 0 Å². The first-order chi connectivity index (χ1) is 11.6. The van der Waals surface area contributed by atoms with Crippen LogP contribution in [0.5, 0.6) is 0 Å². The lowest BCUT2D eigenvalue weighted by atomic mass is 9.52. The maximum atomic E-state index is 12.4. The number of aromatic nitrogens is 1. The Morgan fingerprint density at radius 1 is 0.958 bits per heavy atom. The SMILES string of the molecule is Cc1cn(C23CC4CC(CC(C4)C2)C3)c(-c2ccccc2)cc1=O. The Morgan fingerprint density at radius 3 is 2.12 bits per heavy atom. The molecule has 0 spiro atoms. The van der Waals surface area contributed by atoms with E-state index in [9.17, 15) is 4.79 Å². The van der Waals surface area contributed by atoms with Crippen LogP contribution in [0.25, 0.3) is 11.3 Å². The van der Waals surface area contributed by atoms with Crippen LogP contribution in [-0.4, -0.2) is 4.57 Å². The maximum absolute atomic E-state index is 12.4. The van der Waals surface area contributed by atoms with Crippen molar-refractivity contribution >= 4 is 0 Å². The summed E-state index contributed by atoms with van der Waals surface area (Å²) >= 11 is 0. The van der Waals surface area contributed by atoms with Crippen molar-refractivity contribution in [2.24, 2.45) is 17.8 Å².